The summed E-state index contributed by atoms with van der Waals surface area (Å²) in [5.74, 6) is 0. The van der Waals surface area contributed by atoms with E-state index < -0.39 is 5.41 Å². The van der Waals surface area contributed by atoms with E-state index in [1.807, 2.05) is 0 Å². The molecule has 0 bridgehead atoms. The van der Waals surface area contributed by atoms with Gasteiger partial charge in [-0.1, -0.05) is 231 Å². The lowest BCUT2D eigenvalue weighted by atomic mass is 9.68. The van der Waals surface area contributed by atoms with Crippen LogP contribution in [0.2, 0.25) is 0 Å². The molecule has 0 unspecified atom stereocenters. The number of aromatic nitrogens is 2. The van der Waals surface area contributed by atoms with Gasteiger partial charge < -0.3 is 9.13 Å². The second-order valence-corrected chi connectivity index (χ2v) is 22.2. The topological polar surface area (TPSA) is 9.86 Å². The normalized spacial score (nSPS) is 13.0. The number of hydrogen-bond donors (Lipinski definition) is 0. The molecular formula is C79H48N2. The van der Waals surface area contributed by atoms with Gasteiger partial charge in [-0.05, 0) is 171 Å². The van der Waals surface area contributed by atoms with Crippen LogP contribution in [0.25, 0.3) is 143 Å². The molecule has 2 aliphatic rings. The molecule has 2 aliphatic carbocycles. The summed E-state index contributed by atoms with van der Waals surface area (Å²) in [6.07, 6.45) is 0. The zero-order valence-corrected chi connectivity index (χ0v) is 44.1. The highest BCUT2D eigenvalue weighted by Crippen LogP contribution is 2.66. The molecule has 14 aromatic carbocycles. The van der Waals surface area contributed by atoms with E-state index in [1.54, 1.807) is 0 Å². The second-order valence-electron chi connectivity index (χ2n) is 22.2. The minimum absolute atomic E-state index is 0.589. The van der Waals surface area contributed by atoms with Crippen molar-refractivity contribution in [3.63, 3.8) is 0 Å². The van der Waals surface area contributed by atoms with Gasteiger partial charge in [0.1, 0.15) is 0 Å². The molecule has 2 aromatic heterocycles. The highest BCUT2D eigenvalue weighted by molar-refractivity contribution is 6.23. The Morgan fingerprint density at radius 2 is 0.630 bits per heavy atom. The van der Waals surface area contributed by atoms with Gasteiger partial charge >= 0.3 is 0 Å². The van der Waals surface area contributed by atoms with E-state index in [1.165, 1.54) is 154 Å². The molecule has 0 amide bonds. The number of nitrogens with zero attached hydrogens (tertiary/aromatic N) is 2. The van der Waals surface area contributed by atoms with Crippen molar-refractivity contribution >= 4 is 75.9 Å². The van der Waals surface area contributed by atoms with E-state index in [4.69, 9.17) is 0 Å². The Balaban J connectivity index is 0.995. The Hall–Kier alpha value is -10.5. The Morgan fingerprint density at radius 3 is 1.17 bits per heavy atom. The fourth-order valence-corrected chi connectivity index (χ4v) is 15.1. The van der Waals surface area contributed by atoms with Crippen molar-refractivity contribution < 1.29 is 0 Å². The first-order valence-electron chi connectivity index (χ1n) is 28.2. The summed E-state index contributed by atoms with van der Waals surface area (Å²) in [4.78, 5) is 0. The molecular weight excluding hydrogens is 977 g/mol. The summed E-state index contributed by atoms with van der Waals surface area (Å²) in [5.41, 5.74) is 24.3. The van der Waals surface area contributed by atoms with Gasteiger partial charge in [0.05, 0.1) is 27.5 Å². The Kier molecular flexibility index (Phi) is 9.18. The number of fused-ring (bicyclic) bond motifs is 20. The largest absolute Gasteiger partial charge is 0.309 e. The van der Waals surface area contributed by atoms with Crippen LogP contribution in [-0.4, -0.2) is 9.13 Å². The Bertz CT molecular complexity index is 5080. The van der Waals surface area contributed by atoms with Gasteiger partial charge in [-0.25, -0.2) is 0 Å². The van der Waals surface area contributed by atoms with Crippen molar-refractivity contribution in [1.29, 1.82) is 0 Å². The average molecular weight is 1030 g/mol. The van der Waals surface area contributed by atoms with Gasteiger partial charge in [-0.2, -0.15) is 0 Å². The van der Waals surface area contributed by atoms with Crippen molar-refractivity contribution in [2.75, 3.05) is 0 Å². The number of benzene rings is 14. The summed E-state index contributed by atoms with van der Waals surface area (Å²) < 4.78 is 4.88. The molecule has 16 aromatic rings. The summed E-state index contributed by atoms with van der Waals surface area (Å²) in [6.45, 7) is 0. The summed E-state index contributed by atoms with van der Waals surface area (Å²) >= 11 is 0. The molecule has 0 saturated carbocycles. The maximum absolute atomic E-state index is 2.55. The molecule has 0 saturated heterocycles. The average Bonchev–Trinajstić information content (AvgIpc) is 2.78. The van der Waals surface area contributed by atoms with E-state index in [0.29, 0.717) is 0 Å². The van der Waals surface area contributed by atoms with Gasteiger partial charge in [0.2, 0.25) is 0 Å². The number of rotatable bonds is 5. The monoisotopic (exact) mass is 1020 g/mol. The maximum atomic E-state index is 2.55. The van der Waals surface area contributed by atoms with Crippen LogP contribution in [0.15, 0.2) is 291 Å². The van der Waals surface area contributed by atoms with Gasteiger partial charge in [0, 0.05) is 32.9 Å². The molecule has 2 nitrogen and oxygen atoms in total. The third kappa shape index (κ3) is 6.00. The van der Waals surface area contributed by atoms with Gasteiger partial charge in [-0.15, -0.1) is 0 Å². The lowest BCUT2D eigenvalue weighted by Crippen LogP contribution is -2.26. The van der Waals surface area contributed by atoms with Crippen LogP contribution < -0.4 is 0 Å². The van der Waals surface area contributed by atoms with E-state index in [9.17, 15) is 0 Å². The fourth-order valence-electron chi connectivity index (χ4n) is 15.1. The third-order valence-electron chi connectivity index (χ3n) is 18.3. The van der Waals surface area contributed by atoms with E-state index in [2.05, 4.69) is 300 Å². The lowest BCUT2D eigenvalue weighted by Gasteiger charge is -2.33. The smallest absolute Gasteiger partial charge is 0.0731 e. The quantitative estimate of drug-likeness (QED) is 0.152. The summed E-state index contributed by atoms with van der Waals surface area (Å²) in [6, 6.07) is 110. The van der Waals surface area contributed by atoms with E-state index in [0.717, 1.165) is 11.4 Å². The van der Waals surface area contributed by atoms with Crippen LogP contribution in [0.3, 0.4) is 0 Å². The van der Waals surface area contributed by atoms with Crippen LogP contribution in [0.5, 0.6) is 0 Å². The predicted molar refractivity (Wildman–Crippen MR) is 340 cm³/mol. The van der Waals surface area contributed by atoms with Crippen molar-refractivity contribution in [3.8, 4) is 67.0 Å². The van der Waals surface area contributed by atoms with Crippen LogP contribution in [0, 0.1) is 0 Å². The molecule has 0 radical (unpaired) electrons. The van der Waals surface area contributed by atoms with E-state index >= 15 is 0 Å². The predicted octanol–water partition coefficient (Wildman–Crippen LogP) is 20.7. The van der Waals surface area contributed by atoms with Crippen molar-refractivity contribution in [2.24, 2.45) is 0 Å². The second kappa shape index (κ2) is 16.7. The molecule has 2 heterocycles. The number of hydrogen-bond acceptors (Lipinski definition) is 0. The molecule has 0 atom stereocenters. The standard InChI is InChI=1S/C79H48N2/c1-3-22-52(23-4-1)80-72-39-17-12-29-59(72)61-43-41-50(46-74(61)80)54-32-19-34-63-66(54)48-67-55(51-42-44-62-60-30-13-18-40-73(60)81(75(62)47-51)53-24-5-2-6-25-53)33-20-35-64(67)76(63)68-45-49-21-7-8-26-56(49)77-65-31-11-16-38-71(65)79(78(68)77)69-36-14-9-27-57(69)58-28-10-15-37-70(58)79/h1-48H. The minimum atomic E-state index is -0.589. The van der Waals surface area contributed by atoms with Crippen molar-refractivity contribution in [3.05, 3.63) is 313 Å². The third-order valence-corrected chi connectivity index (χ3v) is 18.3. The molecule has 0 fully saturated rings. The first kappa shape index (κ1) is 44.4. The van der Waals surface area contributed by atoms with E-state index in [-0.39, 0.29) is 0 Å². The van der Waals surface area contributed by atoms with Crippen molar-refractivity contribution in [2.45, 2.75) is 5.41 Å². The first-order chi connectivity index (χ1) is 40.2. The highest BCUT2D eigenvalue weighted by atomic mass is 15.0. The zero-order valence-electron chi connectivity index (χ0n) is 44.1. The summed E-state index contributed by atoms with van der Waals surface area (Å²) in [7, 11) is 0. The van der Waals surface area contributed by atoms with Gasteiger partial charge in [0.15, 0.2) is 0 Å². The molecule has 81 heavy (non-hydrogen) atoms. The van der Waals surface area contributed by atoms with Crippen molar-refractivity contribution in [1.82, 2.24) is 9.13 Å². The van der Waals surface area contributed by atoms with Gasteiger partial charge in [0.25, 0.3) is 0 Å². The SMILES string of the molecule is c1ccc(-n2c3ccccc3c3ccc(-c4cccc5c(-c6cc7ccccc7c7c6C6(c8ccccc8-c8ccccc86)c6ccccc6-7)c6cccc(-c7ccc8c9ccccc9n(-c9ccccc9)c8c7)c6cc45)cc32)cc1. The highest BCUT2D eigenvalue weighted by Gasteiger charge is 2.53. The first-order valence-corrected chi connectivity index (χ1v) is 28.2. The van der Waals surface area contributed by atoms with Crippen LogP contribution in [0.4, 0.5) is 0 Å². The minimum Gasteiger partial charge on any atom is -0.309 e. The Labute approximate surface area is 468 Å². The molecule has 374 valence electrons. The van der Waals surface area contributed by atoms with Crippen LogP contribution >= 0.6 is 0 Å². The molecule has 0 N–H and O–H groups in total. The molecule has 0 aliphatic heterocycles. The number of para-hydroxylation sites is 4. The fraction of sp³-hybridized carbons (Fsp3) is 0.0127. The molecule has 1 spiro atoms. The Morgan fingerprint density at radius 1 is 0.222 bits per heavy atom. The van der Waals surface area contributed by atoms with Crippen LogP contribution in [-0.2, 0) is 5.41 Å². The lowest BCUT2D eigenvalue weighted by molar-refractivity contribution is 0.796. The molecule has 18 rings (SSSR count). The molecule has 2 heteroatoms. The van der Waals surface area contributed by atoms with Gasteiger partial charge in [-0.3, -0.25) is 0 Å². The maximum Gasteiger partial charge on any atom is 0.0731 e. The van der Waals surface area contributed by atoms with Crippen LogP contribution in [0.1, 0.15) is 22.3 Å². The summed E-state index contributed by atoms with van der Waals surface area (Å²) in [5, 5.41) is 12.4. The zero-order chi connectivity index (χ0) is 52.9.